The lowest BCUT2D eigenvalue weighted by molar-refractivity contribution is 0.807. The zero-order chi connectivity index (χ0) is 13.0. The van der Waals surface area contributed by atoms with Gasteiger partial charge in [0.05, 0.1) is 0 Å². The third kappa shape index (κ3) is 3.31. The molecule has 0 radical (unpaired) electrons. The normalized spacial score (nSPS) is 12.4. The maximum Gasteiger partial charge on any atom is 0.128 e. The molecule has 2 rings (SSSR count). The number of hydrogen-bond donors (Lipinski definition) is 1. The highest BCUT2D eigenvalue weighted by molar-refractivity contribution is 7.09. The zero-order valence-corrected chi connectivity index (χ0v) is 11.7. The van der Waals surface area contributed by atoms with E-state index in [0.29, 0.717) is 0 Å². The van der Waals surface area contributed by atoms with Crippen molar-refractivity contribution in [3.05, 3.63) is 46.3 Å². The Balaban J connectivity index is 1.99. The van der Waals surface area contributed by atoms with Crippen LogP contribution in [0.1, 0.15) is 23.4 Å². The van der Waals surface area contributed by atoms with E-state index in [2.05, 4.69) is 40.5 Å². The predicted octanol–water partition coefficient (Wildman–Crippen LogP) is 2.84. The van der Waals surface area contributed by atoms with Crippen molar-refractivity contribution in [1.82, 2.24) is 4.98 Å². The number of likely N-dealkylation sites (N-methyl/N-ethyl adjacent to an activating group) is 1. The topological polar surface area (TPSA) is 42.1 Å². The molecule has 0 unspecified atom stereocenters. The molecule has 0 aliphatic heterocycles. The Hall–Kier alpha value is -1.39. The average Bonchev–Trinajstić information content (AvgIpc) is 2.89. The van der Waals surface area contributed by atoms with E-state index in [1.54, 1.807) is 11.3 Å². The molecule has 1 atom stereocenters. The molecule has 0 fully saturated rings. The number of aromatic nitrogens is 1. The van der Waals surface area contributed by atoms with E-state index in [0.717, 1.165) is 24.3 Å². The Bertz CT molecular complexity index is 480. The van der Waals surface area contributed by atoms with Gasteiger partial charge in [-0.3, -0.25) is 0 Å². The van der Waals surface area contributed by atoms with E-state index >= 15 is 0 Å². The van der Waals surface area contributed by atoms with Crippen molar-refractivity contribution in [3.8, 4) is 0 Å². The number of thiophene rings is 1. The summed E-state index contributed by atoms with van der Waals surface area (Å²) < 4.78 is 0. The highest BCUT2D eigenvalue weighted by Gasteiger charge is 2.06. The summed E-state index contributed by atoms with van der Waals surface area (Å²) in [6.45, 7) is 2.96. The van der Waals surface area contributed by atoms with Gasteiger partial charge in [0.2, 0.25) is 0 Å². The lowest BCUT2D eigenvalue weighted by Crippen LogP contribution is -2.21. The van der Waals surface area contributed by atoms with Crippen LogP contribution < -0.4 is 10.6 Å². The largest absolute Gasteiger partial charge is 0.359 e. The van der Waals surface area contributed by atoms with Gasteiger partial charge in [0.25, 0.3) is 0 Å². The van der Waals surface area contributed by atoms with Gasteiger partial charge in [-0.1, -0.05) is 6.07 Å². The number of pyridine rings is 1. The van der Waals surface area contributed by atoms with Crippen molar-refractivity contribution >= 4 is 17.2 Å². The fourth-order valence-corrected chi connectivity index (χ4v) is 2.47. The van der Waals surface area contributed by atoms with Crippen molar-refractivity contribution in [2.24, 2.45) is 5.73 Å². The van der Waals surface area contributed by atoms with Gasteiger partial charge < -0.3 is 10.6 Å². The van der Waals surface area contributed by atoms with Gasteiger partial charge in [-0.2, -0.15) is 0 Å². The molecule has 2 heterocycles. The lowest BCUT2D eigenvalue weighted by Gasteiger charge is -2.19. The van der Waals surface area contributed by atoms with Crippen LogP contribution in [0.2, 0.25) is 0 Å². The lowest BCUT2D eigenvalue weighted by atomic mass is 10.1. The zero-order valence-electron chi connectivity index (χ0n) is 10.8. The number of hydrogen-bond acceptors (Lipinski definition) is 4. The minimum Gasteiger partial charge on any atom is -0.359 e. The summed E-state index contributed by atoms with van der Waals surface area (Å²) in [5.74, 6) is 0.987. The average molecular weight is 261 g/mol. The Morgan fingerprint density at radius 3 is 2.94 bits per heavy atom. The Morgan fingerprint density at radius 1 is 1.44 bits per heavy atom. The van der Waals surface area contributed by atoms with Gasteiger partial charge >= 0.3 is 0 Å². The van der Waals surface area contributed by atoms with Gasteiger partial charge in [0, 0.05) is 30.7 Å². The van der Waals surface area contributed by atoms with Crippen molar-refractivity contribution in [2.75, 3.05) is 18.5 Å². The molecule has 2 aromatic rings. The SMILES string of the molecule is C[C@H](N)c1ccnc(N(C)CCc2cccs2)c1. The second-order valence-electron chi connectivity index (χ2n) is 4.49. The summed E-state index contributed by atoms with van der Waals surface area (Å²) in [5.41, 5.74) is 7.02. The van der Waals surface area contributed by atoms with Crippen molar-refractivity contribution in [1.29, 1.82) is 0 Å². The number of nitrogens with zero attached hydrogens (tertiary/aromatic N) is 2. The molecule has 0 amide bonds. The fraction of sp³-hybridized carbons (Fsp3) is 0.357. The molecular formula is C14H19N3S. The highest BCUT2D eigenvalue weighted by atomic mass is 32.1. The Labute approximate surface area is 112 Å². The molecule has 0 aliphatic rings. The van der Waals surface area contributed by atoms with Crippen LogP contribution in [0.3, 0.4) is 0 Å². The molecule has 2 aromatic heterocycles. The van der Waals surface area contributed by atoms with Crippen LogP contribution in [0.4, 0.5) is 5.82 Å². The second-order valence-corrected chi connectivity index (χ2v) is 5.52. The van der Waals surface area contributed by atoms with Crippen molar-refractivity contribution < 1.29 is 0 Å². The van der Waals surface area contributed by atoms with E-state index in [1.807, 2.05) is 19.2 Å². The van der Waals surface area contributed by atoms with Gasteiger partial charge in [-0.15, -0.1) is 11.3 Å². The van der Waals surface area contributed by atoms with Crippen LogP contribution in [0, 0.1) is 0 Å². The first-order valence-corrected chi connectivity index (χ1v) is 7.00. The summed E-state index contributed by atoms with van der Waals surface area (Å²) >= 11 is 1.80. The van der Waals surface area contributed by atoms with E-state index < -0.39 is 0 Å². The first-order valence-electron chi connectivity index (χ1n) is 6.12. The first kappa shape index (κ1) is 13.1. The quantitative estimate of drug-likeness (QED) is 0.900. The van der Waals surface area contributed by atoms with Crippen molar-refractivity contribution in [2.45, 2.75) is 19.4 Å². The Kier molecular flexibility index (Phi) is 4.33. The number of anilines is 1. The smallest absolute Gasteiger partial charge is 0.128 e. The Morgan fingerprint density at radius 2 is 2.28 bits per heavy atom. The molecule has 0 saturated heterocycles. The minimum absolute atomic E-state index is 0.0532. The molecule has 3 nitrogen and oxygen atoms in total. The van der Waals surface area contributed by atoms with Crippen LogP contribution >= 0.6 is 11.3 Å². The van der Waals surface area contributed by atoms with Gasteiger partial charge in [-0.25, -0.2) is 4.98 Å². The number of rotatable bonds is 5. The molecule has 0 aromatic carbocycles. The maximum absolute atomic E-state index is 5.89. The molecule has 0 bridgehead atoms. The summed E-state index contributed by atoms with van der Waals surface area (Å²) in [5, 5.41) is 2.12. The maximum atomic E-state index is 5.89. The van der Waals surface area contributed by atoms with Crippen LogP contribution in [-0.2, 0) is 6.42 Å². The highest BCUT2D eigenvalue weighted by Crippen LogP contribution is 2.17. The molecular weight excluding hydrogens is 242 g/mol. The molecule has 0 saturated carbocycles. The fourth-order valence-electron chi connectivity index (χ4n) is 1.77. The first-order chi connectivity index (χ1) is 8.66. The summed E-state index contributed by atoms with van der Waals surface area (Å²) in [4.78, 5) is 7.98. The molecule has 0 spiro atoms. The summed E-state index contributed by atoms with van der Waals surface area (Å²) in [7, 11) is 2.07. The van der Waals surface area contributed by atoms with Crippen LogP contribution in [0.15, 0.2) is 35.8 Å². The predicted molar refractivity (Wildman–Crippen MR) is 78.1 cm³/mol. The van der Waals surface area contributed by atoms with Crippen LogP contribution in [0.5, 0.6) is 0 Å². The monoisotopic (exact) mass is 261 g/mol. The van der Waals surface area contributed by atoms with E-state index in [9.17, 15) is 0 Å². The molecule has 0 aliphatic carbocycles. The summed E-state index contributed by atoms with van der Waals surface area (Å²) in [6, 6.07) is 8.36. The third-order valence-electron chi connectivity index (χ3n) is 2.96. The van der Waals surface area contributed by atoms with Gasteiger partial charge in [0.1, 0.15) is 5.82 Å². The second kappa shape index (κ2) is 5.98. The van der Waals surface area contributed by atoms with Gasteiger partial charge in [0.15, 0.2) is 0 Å². The molecule has 2 N–H and O–H groups in total. The van der Waals surface area contributed by atoms with Crippen LogP contribution in [-0.4, -0.2) is 18.6 Å². The van der Waals surface area contributed by atoms with Crippen LogP contribution in [0.25, 0.3) is 0 Å². The van der Waals surface area contributed by atoms with Gasteiger partial charge in [-0.05, 0) is 42.5 Å². The van der Waals surface area contributed by atoms with Crippen molar-refractivity contribution in [3.63, 3.8) is 0 Å². The molecule has 18 heavy (non-hydrogen) atoms. The molecule has 96 valence electrons. The van der Waals surface area contributed by atoms with E-state index in [1.165, 1.54) is 4.88 Å². The molecule has 4 heteroatoms. The standard InChI is InChI=1S/C14H19N3S/c1-11(15)12-5-7-16-14(10-12)17(2)8-6-13-4-3-9-18-13/h3-5,7,9-11H,6,8,15H2,1-2H3/t11-/m0/s1. The minimum atomic E-state index is 0.0532. The van der Waals surface area contributed by atoms with E-state index in [-0.39, 0.29) is 6.04 Å². The van der Waals surface area contributed by atoms with E-state index in [4.69, 9.17) is 5.73 Å². The third-order valence-corrected chi connectivity index (χ3v) is 3.90. The number of nitrogens with two attached hydrogens (primary N) is 1. The summed E-state index contributed by atoms with van der Waals surface area (Å²) in [6.07, 6.45) is 2.88.